The Morgan fingerprint density at radius 2 is 1.53 bits per heavy atom. The number of carboxylic acid groups (broad SMARTS) is 2. The molecule has 6 nitrogen and oxygen atoms in total. The Kier molecular flexibility index (Phi) is 12.4. The van der Waals surface area contributed by atoms with Gasteiger partial charge in [0.15, 0.2) is 0 Å². The van der Waals surface area contributed by atoms with Crippen LogP contribution in [0.25, 0.3) is 0 Å². The summed E-state index contributed by atoms with van der Waals surface area (Å²) in [5, 5.41) is 15.4. The highest BCUT2D eigenvalue weighted by atomic mass is 16.4. The van der Waals surface area contributed by atoms with E-state index in [4.69, 9.17) is 10.2 Å². The van der Waals surface area contributed by atoms with Crippen molar-refractivity contribution in [2.75, 3.05) is 0 Å². The quantitative estimate of drug-likeness (QED) is 0.819. The van der Waals surface area contributed by atoms with E-state index in [2.05, 4.69) is 9.97 Å². The largest absolute Gasteiger partial charge is 0.481 e. The van der Waals surface area contributed by atoms with Crippen LogP contribution in [0.2, 0.25) is 0 Å². The third-order valence-corrected chi connectivity index (χ3v) is 1.30. The van der Waals surface area contributed by atoms with Gasteiger partial charge in [-0.2, -0.15) is 0 Å². The molecule has 0 saturated carbocycles. The molecule has 0 atom stereocenters. The third-order valence-electron chi connectivity index (χ3n) is 1.30. The van der Waals surface area contributed by atoms with Crippen LogP contribution in [0.5, 0.6) is 0 Å². The summed E-state index contributed by atoms with van der Waals surface area (Å²) in [6.45, 7) is 5.11. The molecule has 1 aromatic heterocycles. The van der Waals surface area contributed by atoms with Gasteiger partial charge in [0.25, 0.3) is 0 Å². The van der Waals surface area contributed by atoms with Gasteiger partial charge in [-0.15, -0.1) is 0 Å². The van der Waals surface area contributed by atoms with Gasteiger partial charge < -0.3 is 10.2 Å². The molecular weight excluding hydrogens is 224 g/mol. The Balaban J connectivity index is 0. The molecular formula is C11H18N2O4. The van der Waals surface area contributed by atoms with Crippen LogP contribution in [0, 0.1) is 6.92 Å². The molecule has 0 saturated heterocycles. The van der Waals surface area contributed by atoms with Crippen molar-refractivity contribution < 1.29 is 19.8 Å². The Labute approximate surface area is 100 Å². The van der Waals surface area contributed by atoms with Crippen LogP contribution in [0.15, 0.2) is 18.6 Å². The summed E-state index contributed by atoms with van der Waals surface area (Å²) in [5.41, 5.74) is 0.961. The molecule has 1 heterocycles. The van der Waals surface area contributed by atoms with Crippen molar-refractivity contribution in [3.63, 3.8) is 0 Å². The summed E-state index contributed by atoms with van der Waals surface area (Å²) >= 11 is 0. The van der Waals surface area contributed by atoms with Crippen molar-refractivity contribution in [3.05, 3.63) is 24.3 Å². The van der Waals surface area contributed by atoms with Crippen molar-refractivity contribution in [1.82, 2.24) is 9.97 Å². The molecule has 0 aliphatic heterocycles. The van der Waals surface area contributed by atoms with Crippen LogP contribution in [0.3, 0.4) is 0 Å². The van der Waals surface area contributed by atoms with Gasteiger partial charge in [0.1, 0.15) is 0 Å². The highest BCUT2D eigenvalue weighted by Crippen LogP contribution is 1.81. The minimum atomic E-state index is -0.745. The number of rotatable bonds is 2. The average molecular weight is 242 g/mol. The summed E-state index contributed by atoms with van der Waals surface area (Å²) < 4.78 is 0. The van der Waals surface area contributed by atoms with Crippen LogP contribution in [0.1, 0.15) is 32.4 Å². The van der Waals surface area contributed by atoms with Crippen molar-refractivity contribution >= 4 is 11.9 Å². The van der Waals surface area contributed by atoms with Crippen LogP contribution < -0.4 is 0 Å². The van der Waals surface area contributed by atoms with E-state index in [1.807, 2.05) is 6.92 Å². The second-order valence-corrected chi connectivity index (χ2v) is 2.84. The first-order valence-electron chi connectivity index (χ1n) is 5.10. The van der Waals surface area contributed by atoms with Gasteiger partial charge in [0, 0.05) is 31.4 Å². The molecule has 0 unspecified atom stereocenters. The molecule has 0 aliphatic rings. The lowest BCUT2D eigenvalue weighted by molar-refractivity contribution is -0.137. The fourth-order valence-electron chi connectivity index (χ4n) is 0.374. The number of carbonyl (C=O) groups is 2. The number of aromatic nitrogens is 2. The number of aliphatic carboxylic acids is 2. The highest BCUT2D eigenvalue weighted by Gasteiger charge is 1.81. The third kappa shape index (κ3) is 20.2. The first-order valence-corrected chi connectivity index (χ1v) is 5.10. The first kappa shape index (κ1) is 17.4. The van der Waals surface area contributed by atoms with E-state index in [0.717, 1.165) is 5.69 Å². The number of hydrogen-bond donors (Lipinski definition) is 2. The molecule has 0 aromatic carbocycles. The molecule has 2 N–H and O–H groups in total. The Bertz CT molecular complexity index is 301. The second kappa shape index (κ2) is 12.1. The zero-order valence-corrected chi connectivity index (χ0v) is 10.3. The summed E-state index contributed by atoms with van der Waals surface area (Å²) in [6, 6.07) is 0. The van der Waals surface area contributed by atoms with Gasteiger partial charge in [-0.25, -0.2) is 0 Å². The van der Waals surface area contributed by atoms with E-state index in [9.17, 15) is 9.59 Å². The average Bonchev–Trinajstić information content (AvgIpc) is 2.31. The SMILES string of the molecule is CCC(=O)O.CCC(=O)O.Cc1cnccn1. The highest BCUT2D eigenvalue weighted by molar-refractivity contribution is 5.66. The fourth-order valence-corrected chi connectivity index (χ4v) is 0.374. The predicted molar refractivity (Wildman–Crippen MR) is 62.6 cm³/mol. The van der Waals surface area contributed by atoms with E-state index in [0.29, 0.717) is 0 Å². The summed E-state index contributed by atoms with van der Waals surface area (Å²) in [5.74, 6) is -1.49. The van der Waals surface area contributed by atoms with E-state index in [1.165, 1.54) is 0 Å². The number of carboxylic acids is 2. The van der Waals surface area contributed by atoms with Gasteiger partial charge in [0.05, 0.1) is 5.69 Å². The molecule has 0 bridgehead atoms. The zero-order valence-electron chi connectivity index (χ0n) is 10.3. The molecule has 0 spiro atoms. The van der Waals surface area contributed by atoms with Crippen molar-refractivity contribution in [2.45, 2.75) is 33.6 Å². The fraction of sp³-hybridized carbons (Fsp3) is 0.455. The Hall–Kier alpha value is -1.98. The van der Waals surface area contributed by atoms with E-state index >= 15 is 0 Å². The Morgan fingerprint density at radius 3 is 1.65 bits per heavy atom. The number of aryl methyl sites for hydroxylation is 1. The molecule has 1 rings (SSSR count). The standard InChI is InChI=1S/C5H6N2.2C3H6O2/c1-5-4-6-2-3-7-5;2*1-2-3(4)5/h2-4H,1H3;2*2H2,1H3,(H,4,5). The van der Waals surface area contributed by atoms with Crippen LogP contribution in [0.4, 0.5) is 0 Å². The van der Waals surface area contributed by atoms with Crippen LogP contribution in [-0.4, -0.2) is 32.1 Å². The van der Waals surface area contributed by atoms with E-state index in [1.54, 1.807) is 32.4 Å². The maximum Gasteiger partial charge on any atom is 0.303 e. The molecule has 17 heavy (non-hydrogen) atoms. The lowest BCUT2D eigenvalue weighted by Gasteiger charge is -1.81. The lowest BCUT2D eigenvalue weighted by atomic mass is 10.5. The lowest BCUT2D eigenvalue weighted by Crippen LogP contribution is -1.86. The van der Waals surface area contributed by atoms with Crippen LogP contribution >= 0.6 is 0 Å². The van der Waals surface area contributed by atoms with E-state index < -0.39 is 11.9 Å². The maximum atomic E-state index is 9.37. The van der Waals surface area contributed by atoms with Crippen LogP contribution in [-0.2, 0) is 9.59 Å². The Morgan fingerprint density at radius 1 is 1.12 bits per heavy atom. The molecule has 96 valence electrons. The van der Waals surface area contributed by atoms with Crippen molar-refractivity contribution in [1.29, 1.82) is 0 Å². The maximum absolute atomic E-state index is 9.37. The monoisotopic (exact) mass is 242 g/mol. The number of hydrogen-bond acceptors (Lipinski definition) is 4. The second-order valence-electron chi connectivity index (χ2n) is 2.84. The smallest absolute Gasteiger partial charge is 0.303 e. The zero-order chi connectivity index (χ0) is 13.7. The van der Waals surface area contributed by atoms with Gasteiger partial charge in [-0.1, -0.05) is 13.8 Å². The minimum absolute atomic E-state index is 0.222. The van der Waals surface area contributed by atoms with E-state index in [-0.39, 0.29) is 12.8 Å². The molecule has 0 radical (unpaired) electrons. The van der Waals surface area contributed by atoms with Gasteiger partial charge in [-0.3, -0.25) is 19.6 Å². The topological polar surface area (TPSA) is 100 Å². The number of nitrogens with zero attached hydrogens (tertiary/aromatic N) is 2. The predicted octanol–water partition coefficient (Wildman–Crippen LogP) is 1.75. The van der Waals surface area contributed by atoms with Gasteiger partial charge >= 0.3 is 11.9 Å². The molecule has 6 heteroatoms. The normalized spacial score (nSPS) is 7.94. The molecule has 1 aromatic rings. The molecule has 0 amide bonds. The summed E-state index contributed by atoms with van der Waals surface area (Å²) in [7, 11) is 0. The molecule has 0 aliphatic carbocycles. The first-order chi connectivity index (χ1) is 7.93. The van der Waals surface area contributed by atoms with Gasteiger partial charge in [-0.05, 0) is 6.92 Å². The van der Waals surface area contributed by atoms with Crippen molar-refractivity contribution in [3.8, 4) is 0 Å². The summed E-state index contributed by atoms with van der Waals surface area (Å²) in [6.07, 6.45) is 5.50. The van der Waals surface area contributed by atoms with Gasteiger partial charge in [0.2, 0.25) is 0 Å². The van der Waals surface area contributed by atoms with Crippen molar-refractivity contribution in [2.24, 2.45) is 0 Å². The molecule has 0 fully saturated rings. The summed E-state index contributed by atoms with van der Waals surface area (Å²) in [4.78, 5) is 26.5. The minimum Gasteiger partial charge on any atom is -0.481 e.